The zero-order valence-corrected chi connectivity index (χ0v) is 11.4. The SMILES string of the molecule is CNc1ccc(-c2nc(C3CSCCO3)no2)cc1. The molecule has 100 valence electrons. The Kier molecular flexibility index (Phi) is 3.70. The average Bonchev–Trinajstić information content (AvgIpc) is 2.98. The molecule has 0 bridgehead atoms. The van der Waals surface area contributed by atoms with Crippen molar-refractivity contribution >= 4 is 17.4 Å². The molecule has 1 fully saturated rings. The molecule has 1 unspecified atom stereocenters. The first kappa shape index (κ1) is 12.5. The predicted molar refractivity (Wildman–Crippen MR) is 75.3 cm³/mol. The highest BCUT2D eigenvalue weighted by Crippen LogP contribution is 2.27. The summed E-state index contributed by atoms with van der Waals surface area (Å²) in [5.41, 5.74) is 1.97. The topological polar surface area (TPSA) is 60.2 Å². The Bertz CT molecular complexity index is 535. The van der Waals surface area contributed by atoms with Gasteiger partial charge in [0.25, 0.3) is 5.89 Å². The van der Waals surface area contributed by atoms with E-state index in [2.05, 4.69) is 15.5 Å². The Labute approximate surface area is 115 Å². The fourth-order valence-corrected chi connectivity index (χ4v) is 2.74. The van der Waals surface area contributed by atoms with Crippen molar-refractivity contribution in [2.24, 2.45) is 0 Å². The van der Waals surface area contributed by atoms with Crippen LogP contribution in [0.3, 0.4) is 0 Å². The summed E-state index contributed by atoms with van der Waals surface area (Å²) in [6, 6.07) is 7.87. The fourth-order valence-electron chi connectivity index (χ4n) is 1.90. The molecule has 1 aromatic carbocycles. The Morgan fingerprint density at radius 3 is 2.84 bits per heavy atom. The number of aromatic nitrogens is 2. The highest BCUT2D eigenvalue weighted by atomic mass is 32.2. The molecule has 19 heavy (non-hydrogen) atoms. The molecule has 0 spiro atoms. The highest BCUT2D eigenvalue weighted by molar-refractivity contribution is 7.99. The lowest BCUT2D eigenvalue weighted by molar-refractivity contribution is 0.0677. The monoisotopic (exact) mass is 277 g/mol. The van der Waals surface area contributed by atoms with Crippen molar-refractivity contribution < 1.29 is 9.26 Å². The van der Waals surface area contributed by atoms with E-state index < -0.39 is 0 Å². The number of hydrogen-bond donors (Lipinski definition) is 1. The molecule has 0 amide bonds. The van der Waals surface area contributed by atoms with E-state index in [-0.39, 0.29) is 6.10 Å². The summed E-state index contributed by atoms with van der Waals surface area (Å²) in [4.78, 5) is 4.42. The predicted octanol–water partition coefficient (Wildman–Crippen LogP) is 2.58. The zero-order chi connectivity index (χ0) is 13.1. The van der Waals surface area contributed by atoms with Gasteiger partial charge in [0.1, 0.15) is 6.10 Å². The van der Waals surface area contributed by atoms with E-state index in [4.69, 9.17) is 9.26 Å². The van der Waals surface area contributed by atoms with Crippen molar-refractivity contribution in [1.82, 2.24) is 10.1 Å². The summed E-state index contributed by atoms with van der Waals surface area (Å²) in [5.74, 6) is 3.10. The number of anilines is 1. The largest absolute Gasteiger partial charge is 0.388 e. The van der Waals surface area contributed by atoms with Gasteiger partial charge in [0.05, 0.1) is 6.61 Å². The highest BCUT2D eigenvalue weighted by Gasteiger charge is 2.22. The van der Waals surface area contributed by atoms with Gasteiger partial charge < -0.3 is 14.6 Å². The number of nitrogens with zero attached hydrogens (tertiary/aromatic N) is 2. The first-order chi connectivity index (χ1) is 9.36. The molecule has 0 saturated carbocycles. The molecule has 3 rings (SSSR count). The second kappa shape index (κ2) is 5.63. The summed E-state index contributed by atoms with van der Waals surface area (Å²) in [5, 5.41) is 7.09. The maximum atomic E-state index is 5.63. The van der Waals surface area contributed by atoms with E-state index in [0.717, 1.165) is 29.4 Å². The van der Waals surface area contributed by atoms with Gasteiger partial charge in [-0.3, -0.25) is 0 Å². The summed E-state index contributed by atoms with van der Waals surface area (Å²) in [6.45, 7) is 0.746. The van der Waals surface area contributed by atoms with E-state index in [9.17, 15) is 0 Å². The minimum absolute atomic E-state index is 0.0483. The molecule has 6 heteroatoms. The second-order valence-electron chi connectivity index (χ2n) is 4.22. The van der Waals surface area contributed by atoms with Crippen molar-refractivity contribution in [3.8, 4) is 11.5 Å². The van der Waals surface area contributed by atoms with Crippen LogP contribution in [0.2, 0.25) is 0 Å². The van der Waals surface area contributed by atoms with Crippen LogP contribution < -0.4 is 5.32 Å². The molecule has 1 aliphatic rings. The lowest BCUT2D eigenvalue weighted by Crippen LogP contribution is -2.16. The number of ether oxygens (including phenoxy) is 1. The summed E-state index contributed by atoms with van der Waals surface area (Å²) in [6.07, 6.45) is -0.0483. The lowest BCUT2D eigenvalue weighted by atomic mass is 10.2. The standard InChI is InChI=1S/C13H15N3O2S/c1-14-10-4-2-9(3-5-10)13-15-12(16-18-13)11-8-19-7-6-17-11/h2-5,11,14H,6-8H2,1H3. The van der Waals surface area contributed by atoms with Crippen LogP contribution in [0, 0.1) is 0 Å². The van der Waals surface area contributed by atoms with Crippen molar-refractivity contribution in [1.29, 1.82) is 0 Å². The van der Waals surface area contributed by atoms with Gasteiger partial charge in [-0.15, -0.1) is 0 Å². The summed E-state index contributed by atoms with van der Waals surface area (Å²) in [7, 11) is 1.89. The van der Waals surface area contributed by atoms with Gasteiger partial charge in [-0.25, -0.2) is 0 Å². The third-order valence-electron chi connectivity index (χ3n) is 2.97. The Morgan fingerprint density at radius 1 is 1.32 bits per heavy atom. The molecular weight excluding hydrogens is 262 g/mol. The van der Waals surface area contributed by atoms with Crippen LogP contribution in [0.5, 0.6) is 0 Å². The van der Waals surface area contributed by atoms with Crippen LogP contribution in [-0.2, 0) is 4.74 Å². The van der Waals surface area contributed by atoms with E-state index in [1.54, 1.807) is 0 Å². The quantitative estimate of drug-likeness (QED) is 0.930. The zero-order valence-electron chi connectivity index (χ0n) is 10.6. The van der Waals surface area contributed by atoms with Crippen LogP contribution in [0.15, 0.2) is 28.8 Å². The number of rotatable bonds is 3. The number of thioether (sulfide) groups is 1. The van der Waals surface area contributed by atoms with Crippen LogP contribution >= 0.6 is 11.8 Å². The van der Waals surface area contributed by atoms with Crippen molar-refractivity contribution in [3.05, 3.63) is 30.1 Å². The van der Waals surface area contributed by atoms with E-state index >= 15 is 0 Å². The second-order valence-corrected chi connectivity index (χ2v) is 5.37. The van der Waals surface area contributed by atoms with Gasteiger partial charge in [-0.1, -0.05) is 5.16 Å². The minimum atomic E-state index is -0.0483. The third-order valence-corrected chi connectivity index (χ3v) is 3.96. The summed E-state index contributed by atoms with van der Waals surface area (Å²) < 4.78 is 10.9. The molecule has 2 heterocycles. The number of hydrogen-bond acceptors (Lipinski definition) is 6. The first-order valence-corrected chi connectivity index (χ1v) is 7.33. The third kappa shape index (κ3) is 2.74. The van der Waals surface area contributed by atoms with Crippen molar-refractivity contribution in [2.45, 2.75) is 6.10 Å². The van der Waals surface area contributed by atoms with E-state index in [0.29, 0.717) is 11.7 Å². The molecular formula is C13H15N3O2S. The van der Waals surface area contributed by atoms with Crippen molar-refractivity contribution in [3.63, 3.8) is 0 Å². The average molecular weight is 277 g/mol. The smallest absolute Gasteiger partial charge is 0.258 e. The van der Waals surface area contributed by atoms with Crippen LogP contribution in [0.25, 0.3) is 11.5 Å². The molecule has 1 saturated heterocycles. The maximum absolute atomic E-state index is 5.63. The normalized spacial score (nSPS) is 19.3. The summed E-state index contributed by atoms with van der Waals surface area (Å²) >= 11 is 1.85. The lowest BCUT2D eigenvalue weighted by Gasteiger charge is -2.18. The minimum Gasteiger partial charge on any atom is -0.388 e. The molecule has 1 N–H and O–H groups in total. The van der Waals surface area contributed by atoms with Crippen LogP contribution in [0.1, 0.15) is 11.9 Å². The molecule has 0 radical (unpaired) electrons. The molecule has 1 atom stereocenters. The van der Waals surface area contributed by atoms with Gasteiger partial charge >= 0.3 is 0 Å². The molecule has 1 aromatic heterocycles. The molecule has 5 nitrogen and oxygen atoms in total. The molecule has 2 aromatic rings. The fraction of sp³-hybridized carbons (Fsp3) is 0.385. The van der Waals surface area contributed by atoms with Gasteiger partial charge in [0, 0.05) is 29.8 Å². The molecule has 0 aliphatic carbocycles. The first-order valence-electron chi connectivity index (χ1n) is 6.18. The van der Waals surface area contributed by atoms with E-state index in [1.165, 1.54) is 0 Å². The van der Waals surface area contributed by atoms with Crippen LogP contribution in [0.4, 0.5) is 5.69 Å². The number of benzene rings is 1. The molecule has 1 aliphatic heterocycles. The Morgan fingerprint density at radius 2 is 2.16 bits per heavy atom. The number of nitrogens with one attached hydrogen (secondary N) is 1. The van der Waals surface area contributed by atoms with Crippen LogP contribution in [-0.4, -0.2) is 35.3 Å². The van der Waals surface area contributed by atoms with Gasteiger partial charge in [-0.05, 0) is 24.3 Å². The Balaban J connectivity index is 1.79. The van der Waals surface area contributed by atoms with Gasteiger partial charge in [0.15, 0.2) is 0 Å². The van der Waals surface area contributed by atoms with Gasteiger partial charge in [0.2, 0.25) is 5.82 Å². The maximum Gasteiger partial charge on any atom is 0.258 e. The van der Waals surface area contributed by atoms with E-state index in [1.807, 2.05) is 43.1 Å². The Hall–Kier alpha value is -1.53. The van der Waals surface area contributed by atoms with Gasteiger partial charge in [-0.2, -0.15) is 16.7 Å². The van der Waals surface area contributed by atoms with Crippen molar-refractivity contribution in [2.75, 3.05) is 30.5 Å².